The largest absolute Gasteiger partial charge is 0.300 e. The summed E-state index contributed by atoms with van der Waals surface area (Å²) in [5.41, 5.74) is -1.70. The monoisotopic (exact) mass is 337 g/mol. The van der Waals surface area contributed by atoms with Crippen molar-refractivity contribution >= 4 is 38.6 Å². The van der Waals surface area contributed by atoms with Crippen molar-refractivity contribution in [3.63, 3.8) is 0 Å². The molecule has 0 bridgehead atoms. The number of hydrogen-bond donors (Lipinski definition) is 1. The quantitative estimate of drug-likeness (QED) is 0.633. The van der Waals surface area contributed by atoms with Gasteiger partial charge in [0.25, 0.3) is 15.7 Å². The molecule has 7 nitrogen and oxygen atoms in total. The number of sulfonamides is 1. The van der Waals surface area contributed by atoms with Gasteiger partial charge < -0.3 is 0 Å². The van der Waals surface area contributed by atoms with Crippen LogP contribution in [-0.4, -0.2) is 18.9 Å². The van der Waals surface area contributed by atoms with Gasteiger partial charge in [0.15, 0.2) is 4.34 Å². The van der Waals surface area contributed by atoms with Crippen molar-refractivity contribution in [3.05, 3.63) is 20.5 Å². The topological polar surface area (TPSA) is 113 Å². The van der Waals surface area contributed by atoms with E-state index in [9.17, 15) is 18.5 Å². The zero-order chi connectivity index (χ0) is 15.6. The first kappa shape index (κ1) is 16.8. The van der Waals surface area contributed by atoms with E-state index in [1.165, 1.54) is 0 Å². The maximum absolute atomic E-state index is 12.2. The van der Waals surface area contributed by atoms with Gasteiger partial charge >= 0.3 is 0 Å². The van der Waals surface area contributed by atoms with Crippen molar-refractivity contribution < 1.29 is 13.3 Å². The third kappa shape index (κ3) is 3.27. The predicted octanol–water partition coefficient (Wildman–Crippen LogP) is 2.67. The lowest BCUT2D eigenvalue weighted by atomic mass is 9.97. The Labute approximate surface area is 125 Å². The maximum Gasteiger partial charge on any atom is 0.300 e. The van der Waals surface area contributed by atoms with E-state index in [2.05, 4.69) is 4.72 Å². The molecule has 20 heavy (non-hydrogen) atoms. The van der Waals surface area contributed by atoms with Crippen LogP contribution in [0.5, 0.6) is 0 Å². The first-order valence-electron chi connectivity index (χ1n) is 5.60. The smallest absolute Gasteiger partial charge is 0.258 e. The van der Waals surface area contributed by atoms with E-state index in [0.717, 1.165) is 6.07 Å². The highest BCUT2D eigenvalue weighted by atomic mass is 35.5. The fourth-order valence-electron chi connectivity index (χ4n) is 1.48. The Bertz CT molecular complexity index is 659. The molecule has 1 N–H and O–H groups in total. The second kappa shape index (κ2) is 6.05. The molecule has 0 atom stereocenters. The van der Waals surface area contributed by atoms with Crippen LogP contribution in [0, 0.1) is 21.4 Å². The van der Waals surface area contributed by atoms with Gasteiger partial charge in [-0.2, -0.15) is 9.98 Å². The maximum atomic E-state index is 12.2. The number of hydrogen-bond acceptors (Lipinski definition) is 6. The summed E-state index contributed by atoms with van der Waals surface area (Å²) in [6, 6.07) is 2.82. The highest BCUT2D eigenvalue weighted by molar-refractivity contribution is 7.91. The summed E-state index contributed by atoms with van der Waals surface area (Å²) in [5, 5.41) is 19.8. The summed E-state index contributed by atoms with van der Waals surface area (Å²) in [4.78, 5) is 9.92. The molecule has 0 amide bonds. The van der Waals surface area contributed by atoms with Crippen LogP contribution in [0.4, 0.5) is 5.69 Å². The molecule has 1 aromatic heterocycles. The van der Waals surface area contributed by atoms with Gasteiger partial charge in [-0.1, -0.05) is 25.4 Å². The molecule has 10 heteroatoms. The molecule has 0 radical (unpaired) electrons. The van der Waals surface area contributed by atoms with Crippen molar-refractivity contribution in [1.29, 1.82) is 5.26 Å². The lowest BCUT2D eigenvalue weighted by Gasteiger charge is -2.23. The minimum absolute atomic E-state index is 0.217. The minimum Gasteiger partial charge on any atom is -0.258 e. The van der Waals surface area contributed by atoms with Crippen LogP contribution in [0.1, 0.15) is 26.7 Å². The molecule has 0 spiro atoms. The fraction of sp³-hybridized carbons (Fsp3) is 0.500. The average molecular weight is 338 g/mol. The van der Waals surface area contributed by atoms with Gasteiger partial charge in [0.2, 0.25) is 0 Å². The van der Waals surface area contributed by atoms with E-state index in [1.807, 2.05) is 6.07 Å². The van der Waals surface area contributed by atoms with Crippen molar-refractivity contribution in [3.8, 4) is 6.07 Å². The van der Waals surface area contributed by atoms with Gasteiger partial charge in [-0.15, -0.1) is 11.3 Å². The van der Waals surface area contributed by atoms with Gasteiger partial charge in [0.05, 0.1) is 11.0 Å². The first-order valence-corrected chi connectivity index (χ1v) is 8.28. The van der Waals surface area contributed by atoms with Crippen LogP contribution in [-0.2, 0) is 10.0 Å². The zero-order valence-corrected chi connectivity index (χ0v) is 13.1. The van der Waals surface area contributed by atoms with Gasteiger partial charge in [-0.05, 0) is 12.8 Å². The number of halogens is 1. The first-order chi connectivity index (χ1) is 9.21. The molecule has 110 valence electrons. The van der Waals surface area contributed by atoms with Crippen molar-refractivity contribution in [2.75, 3.05) is 0 Å². The SMILES string of the molecule is CCC(C#N)(CC)NS(=O)(=O)c1cc([N+](=O)[O-])c(Cl)s1. The standard InChI is InChI=1S/C10H12ClN3O4S2/c1-3-10(4-2,6-12)13-20(17,18)8-5-7(14(15)16)9(11)19-8/h5,13H,3-4H2,1-2H3. The molecule has 0 unspecified atom stereocenters. The van der Waals surface area contributed by atoms with Crippen molar-refractivity contribution in [2.45, 2.75) is 36.4 Å². The summed E-state index contributed by atoms with van der Waals surface area (Å²) in [6.45, 7) is 3.36. The summed E-state index contributed by atoms with van der Waals surface area (Å²) < 4.78 is 26.2. The number of nitro groups is 1. The molecule has 0 saturated carbocycles. The van der Waals surface area contributed by atoms with Crippen LogP contribution in [0.3, 0.4) is 0 Å². The normalized spacial score (nSPS) is 12.1. The summed E-state index contributed by atoms with van der Waals surface area (Å²) >= 11 is 6.22. The molecule has 0 fully saturated rings. The molecule has 0 aliphatic carbocycles. The minimum atomic E-state index is -4.03. The van der Waals surface area contributed by atoms with Gasteiger partial charge in [-0.25, -0.2) is 8.42 Å². The Morgan fingerprint density at radius 2 is 2.10 bits per heavy atom. The van der Waals surface area contributed by atoms with Crippen LogP contribution < -0.4 is 4.72 Å². The van der Waals surface area contributed by atoms with Crippen LogP contribution in [0.2, 0.25) is 4.34 Å². The second-order valence-electron chi connectivity index (χ2n) is 3.99. The van der Waals surface area contributed by atoms with Gasteiger partial charge in [0, 0.05) is 6.07 Å². The summed E-state index contributed by atoms with van der Waals surface area (Å²) in [5.74, 6) is 0. The molecule has 0 aliphatic rings. The highest BCUT2D eigenvalue weighted by Gasteiger charge is 2.34. The third-order valence-electron chi connectivity index (χ3n) is 2.86. The molecule has 0 aliphatic heterocycles. The summed E-state index contributed by atoms with van der Waals surface area (Å²) in [6.07, 6.45) is 0.556. The van der Waals surface area contributed by atoms with E-state index in [4.69, 9.17) is 16.9 Å². The summed E-state index contributed by atoms with van der Waals surface area (Å²) in [7, 11) is -4.03. The van der Waals surface area contributed by atoms with E-state index < -0.39 is 26.2 Å². The second-order valence-corrected chi connectivity index (χ2v) is 7.55. The molecular weight excluding hydrogens is 326 g/mol. The van der Waals surface area contributed by atoms with E-state index in [-0.39, 0.29) is 21.4 Å². The number of thiophene rings is 1. The molecule has 1 aromatic rings. The van der Waals surface area contributed by atoms with Gasteiger partial charge in [-0.3, -0.25) is 10.1 Å². The van der Waals surface area contributed by atoms with Crippen molar-refractivity contribution in [2.24, 2.45) is 0 Å². The number of rotatable bonds is 6. The van der Waals surface area contributed by atoms with Gasteiger partial charge in [0.1, 0.15) is 9.75 Å². The Morgan fingerprint density at radius 1 is 1.55 bits per heavy atom. The molecule has 1 heterocycles. The molecule has 1 rings (SSSR count). The zero-order valence-electron chi connectivity index (χ0n) is 10.7. The van der Waals surface area contributed by atoms with Crippen LogP contribution in [0.25, 0.3) is 0 Å². The number of nitrogens with one attached hydrogen (secondary N) is 1. The third-order valence-corrected chi connectivity index (χ3v) is 6.21. The lowest BCUT2D eigenvalue weighted by molar-refractivity contribution is -0.384. The van der Waals surface area contributed by atoms with E-state index in [0.29, 0.717) is 11.3 Å². The van der Waals surface area contributed by atoms with E-state index >= 15 is 0 Å². The van der Waals surface area contributed by atoms with Crippen molar-refractivity contribution in [1.82, 2.24) is 4.72 Å². The molecule has 0 saturated heterocycles. The Kier molecular flexibility index (Phi) is 5.10. The van der Waals surface area contributed by atoms with Crippen LogP contribution >= 0.6 is 22.9 Å². The Balaban J connectivity index is 3.22. The van der Waals surface area contributed by atoms with Crippen LogP contribution in [0.15, 0.2) is 10.3 Å². The average Bonchev–Trinajstić information content (AvgIpc) is 2.79. The highest BCUT2D eigenvalue weighted by Crippen LogP contribution is 2.36. The predicted molar refractivity (Wildman–Crippen MR) is 75.2 cm³/mol. The molecular formula is C10H12ClN3O4S2. The van der Waals surface area contributed by atoms with E-state index in [1.54, 1.807) is 13.8 Å². The lowest BCUT2D eigenvalue weighted by Crippen LogP contribution is -2.46. The Morgan fingerprint density at radius 3 is 2.45 bits per heavy atom. The Hall–Kier alpha value is -1.21. The molecule has 0 aromatic carbocycles. The fourth-order valence-corrected chi connectivity index (χ4v) is 4.60. The number of nitrogens with zero attached hydrogens (tertiary/aromatic N) is 2. The number of nitriles is 1.